The highest BCUT2D eigenvalue weighted by Crippen LogP contribution is 2.22. The molecule has 0 spiro atoms. The van der Waals surface area contributed by atoms with E-state index in [9.17, 15) is 0 Å². The van der Waals surface area contributed by atoms with Gasteiger partial charge in [0, 0.05) is 43.9 Å². The third kappa shape index (κ3) is 4.07. The summed E-state index contributed by atoms with van der Waals surface area (Å²) < 4.78 is 0. The van der Waals surface area contributed by atoms with Crippen molar-refractivity contribution in [1.29, 1.82) is 0 Å². The van der Waals surface area contributed by atoms with Crippen LogP contribution in [0, 0.1) is 0 Å². The SMILES string of the molecule is C=C(CC)c1ncccc1NCCN(CC)c1ccncc1. The minimum absolute atomic E-state index is 0.853. The molecule has 0 bridgehead atoms. The first-order valence-electron chi connectivity index (χ1n) is 7.78. The molecule has 2 aromatic heterocycles. The second kappa shape index (κ2) is 8.17. The summed E-state index contributed by atoms with van der Waals surface area (Å²) in [6, 6.07) is 8.09. The van der Waals surface area contributed by atoms with Crippen molar-refractivity contribution in [3.8, 4) is 0 Å². The number of nitrogens with one attached hydrogen (secondary N) is 1. The van der Waals surface area contributed by atoms with Crippen molar-refractivity contribution >= 4 is 16.9 Å². The minimum Gasteiger partial charge on any atom is -0.382 e. The molecule has 0 fully saturated rings. The van der Waals surface area contributed by atoms with E-state index in [0.717, 1.165) is 43.0 Å². The molecule has 0 aliphatic heterocycles. The van der Waals surface area contributed by atoms with Gasteiger partial charge in [0.25, 0.3) is 0 Å². The molecule has 1 N–H and O–H groups in total. The number of rotatable bonds is 8. The summed E-state index contributed by atoms with van der Waals surface area (Å²) in [6.07, 6.45) is 6.38. The largest absolute Gasteiger partial charge is 0.382 e. The van der Waals surface area contributed by atoms with E-state index in [-0.39, 0.29) is 0 Å². The quantitative estimate of drug-likeness (QED) is 0.803. The van der Waals surface area contributed by atoms with Crippen molar-refractivity contribution in [1.82, 2.24) is 9.97 Å². The summed E-state index contributed by atoms with van der Waals surface area (Å²) in [6.45, 7) is 11.1. The second-order valence-electron chi connectivity index (χ2n) is 5.07. The van der Waals surface area contributed by atoms with Crippen LogP contribution >= 0.6 is 0 Å². The Hall–Kier alpha value is -2.36. The van der Waals surface area contributed by atoms with E-state index in [4.69, 9.17) is 0 Å². The van der Waals surface area contributed by atoms with Crippen LogP contribution in [0.5, 0.6) is 0 Å². The summed E-state index contributed by atoms with van der Waals surface area (Å²) >= 11 is 0. The van der Waals surface area contributed by atoms with Crippen LogP contribution in [0.15, 0.2) is 49.4 Å². The van der Waals surface area contributed by atoms with E-state index in [1.54, 1.807) is 0 Å². The number of hydrogen-bond acceptors (Lipinski definition) is 4. The smallest absolute Gasteiger partial charge is 0.0886 e. The molecule has 0 amide bonds. The first-order chi connectivity index (χ1) is 10.8. The lowest BCUT2D eigenvalue weighted by atomic mass is 10.1. The number of pyridine rings is 2. The zero-order valence-corrected chi connectivity index (χ0v) is 13.4. The molecule has 22 heavy (non-hydrogen) atoms. The van der Waals surface area contributed by atoms with E-state index in [1.807, 2.05) is 36.8 Å². The van der Waals surface area contributed by atoms with Gasteiger partial charge in [0.1, 0.15) is 0 Å². The Morgan fingerprint density at radius 1 is 1.18 bits per heavy atom. The highest BCUT2D eigenvalue weighted by atomic mass is 15.1. The molecule has 0 saturated heterocycles. The summed E-state index contributed by atoms with van der Waals surface area (Å²) in [5, 5.41) is 3.48. The van der Waals surface area contributed by atoms with E-state index < -0.39 is 0 Å². The third-order valence-corrected chi connectivity index (χ3v) is 3.68. The van der Waals surface area contributed by atoms with Crippen LogP contribution in [0.25, 0.3) is 5.57 Å². The molecule has 4 nitrogen and oxygen atoms in total. The van der Waals surface area contributed by atoms with Gasteiger partial charge in [0.05, 0.1) is 11.4 Å². The number of hydrogen-bond donors (Lipinski definition) is 1. The lowest BCUT2D eigenvalue weighted by molar-refractivity contribution is 0.833. The van der Waals surface area contributed by atoms with Gasteiger partial charge in [-0.3, -0.25) is 9.97 Å². The van der Waals surface area contributed by atoms with Crippen LogP contribution in [0.2, 0.25) is 0 Å². The lowest BCUT2D eigenvalue weighted by Gasteiger charge is -2.23. The molecule has 4 heteroatoms. The number of aromatic nitrogens is 2. The van der Waals surface area contributed by atoms with E-state index in [0.29, 0.717) is 0 Å². The Morgan fingerprint density at radius 2 is 1.95 bits per heavy atom. The predicted molar refractivity (Wildman–Crippen MR) is 94.2 cm³/mol. The molecule has 0 aromatic carbocycles. The van der Waals surface area contributed by atoms with Crippen molar-refractivity contribution in [3.05, 3.63) is 55.1 Å². The maximum atomic E-state index is 4.44. The normalized spacial score (nSPS) is 10.3. The Labute approximate surface area is 132 Å². The molecule has 0 atom stereocenters. The van der Waals surface area contributed by atoms with Gasteiger partial charge in [-0.1, -0.05) is 13.5 Å². The van der Waals surface area contributed by atoms with Gasteiger partial charge in [0.2, 0.25) is 0 Å². The zero-order valence-electron chi connectivity index (χ0n) is 13.4. The fourth-order valence-electron chi connectivity index (χ4n) is 2.35. The van der Waals surface area contributed by atoms with Crippen LogP contribution in [-0.2, 0) is 0 Å². The standard InChI is InChI=1S/C18H24N4/c1-4-15(3)18-17(7-6-10-21-18)20-13-14-22(5-2)16-8-11-19-12-9-16/h6-12,20H,3-5,13-14H2,1-2H3. The number of nitrogens with zero attached hydrogens (tertiary/aromatic N) is 3. The lowest BCUT2D eigenvalue weighted by Crippen LogP contribution is -2.28. The molecular formula is C18H24N4. The first kappa shape index (κ1) is 16.0. The average molecular weight is 296 g/mol. The summed E-state index contributed by atoms with van der Waals surface area (Å²) in [4.78, 5) is 10.8. The number of likely N-dealkylation sites (N-methyl/N-ethyl adjacent to an activating group) is 1. The Balaban J connectivity index is 1.97. The maximum Gasteiger partial charge on any atom is 0.0886 e. The van der Waals surface area contributed by atoms with E-state index in [2.05, 4.69) is 46.7 Å². The summed E-state index contributed by atoms with van der Waals surface area (Å²) in [5.74, 6) is 0. The van der Waals surface area contributed by atoms with Crippen molar-refractivity contribution in [2.45, 2.75) is 20.3 Å². The van der Waals surface area contributed by atoms with Crippen LogP contribution in [0.4, 0.5) is 11.4 Å². The monoisotopic (exact) mass is 296 g/mol. The molecule has 0 aliphatic carbocycles. The van der Waals surface area contributed by atoms with Gasteiger partial charge in [0.15, 0.2) is 0 Å². The fourth-order valence-corrected chi connectivity index (χ4v) is 2.35. The molecule has 0 unspecified atom stereocenters. The Bertz CT molecular complexity index is 595. The van der Waals surface area contributed by atoms with E-state index in [1.165, 1.54) is 5.69 Å². The van der Waals surface area contributed by atoms with Crippen molar-refractivity contribution in [2.24, 2.45) is 0 Å². The molecule has 0 aliphatic rings. The average Bonchev–Trinajstić information content (AvgIpc) is 2.59. The minimum atomic E-state index is 0.853. The third-order valence-electron chi connectivity index (χ3n) is 3.68. The van der Waals surface area contributed by atoms with Gasteiger partial charge in [-0.15, -0.1) is 0 Å². The first-order valence-corrected chi connectivity index (χ1v) is 7.78. The highest BCUT2D eigenvalue weighted by Gasteiger charge is 2.07. The van der Waals surface area contributed by atoms with Crippen LogP contribution in [-0.4, -0.2) is 29.6 Å². The topological polar surface area (TPSA) is 41.1 Å². The maximum absolute atomic E-state index is 4.44. The van der Waals surface area contributed by atoms with Gasteiger partial charge in [-0.05, 0) is 43.2 Å². The molecule has 2 heterocycles. The summed E-state index contributed by atoms with van der Waals surface area (Å²) in [5.41, 5.74) is 4.28. The molecule has 2 rings (SSSR count). The Morgan fingerprint density at radius 3 is 2.64 bits per heavy atom. The number of allylic oxidation sites excluding steroid dienone is 1. The van der Waals surface area contributed by atoms with Gasteiger partial charge < -0.3 is 10.2 Å². The van der Waals surface area contributed by atoms with Crippen LogP contribution in [0.1, 0.15) is 26.0 Å². The molecule has 116 valence electrons. The molecular weight excluding hydrogens is 272 g/mol. The molecule has 0 radical (unpaired) electrons. The van der Waals surface area contributed by atoms with Gasteiger partial charge in [-0.25, -0.2) is 0 Å². The fraction of sp³-hybridized carbons (Fsp3) is 0.333. The van der Waals surface area contributed by atoms with Crippen molar-refractivity contribution in [3.63, 3.8) is 0 Å². The van der Waals surface area contributed by atoms with Crippen molar-refractivity contribution < 1.29 is 0 Å². The van der Waals surface area contributed by atoms with Crippen LogP contribution in [0.3, 0.4) is 0 Å². The summed E-state index contributed by atoms with van der Waals surface area (Å²) in [7, 11) is 0. The predicted octanol–water partition coefficient (Wildman–Crippen LogP) is 3.84. The number of anilines is 2. The zero-order chi connectivity index (χ0) is 15.8. The highest BCUT2D eigenvalue weighted by molar-refractivity contribution is 5.71. The Kier molecular flexibility index (Phi) is 5.95. The van der Waals surface area contributed by atoms with Crippen LogP contribution < -0.4 is 10.2 Å². The van der Waals surface area contributed by atoms with Gasteiger partial charge >= 0.3 is 0 Å². The van der Waals surface area contributed by atoms with Crippen molar-refractivity contribution in [2.75, 3.05) is 29.9 Å². The second-order valence-corrected chi connectivity index (χ2v) is 5.07. The molecule has 0 saturated carbocycles. The molecule has 2 aromatic rings. The van der Waals surface area contributed by atoms with Gasteiger partial charge in [-0.2, -0.15) is 0 Å². The van der Waals surface area contributed by atoms with E-state index >= 15 is 0 Å².